The summed E-state index contributed by atoms with van der Waals surface area (Å²) in [6.07, 6.45) is -3.17. The van der Waals surface area contributed by atoms with Gasteiger partial charge in [-0.25, -0.2) is 0 Å². The molecule has 0 aliphatic heterocycles. The standard InChI is InChI=1S/C10H5ClF3NO/c1-6(16-5-15)8-4-7(10(12,13)14)2-3-9(8)11/h2-4H,1H2. The Morgan fingerprint density at radius 1 is 1.44 bits per heavy atom. The monoisotopic (exact) mass is 247 g/mol. The van der Waals surface area contributed by atoms with Gasteiger partial charge in [-0.05, 0) is 18.2 Å². The van der Waals surface area contributed by atoms with Gasteiger partial charge >= 0.3 is 6.18 Å². The molecule has 1 rings (SSSR count). The first kappa shape index (κ1) is 12.4. The second-order valence-corrected chi connectivity index (χ2v) is 3.22. The molecule has 16 heavy (non-hydrogen) atoms. The number of benzene rings is 1. The van der Waals surface area contributed by atoms with Crippen molar-refractivity contribution in [1.82, 2.24) is 0 Å². The summed E-state index contributed by atoms with van der Waals surface area (Å²) in [5.41, 5.74) is -0.937. The Bertz CT molecular complexity index is 462. The van der Waals surface area contributed by atoms with Crippen molar-refractivity contribution in [1.29, 1.82) is 5.26 Å². The molecule has 0 heterocycles. The maximum atomic E-state index is 12.4. The fourth-order valence-corrected chi connectivity index (χ4v) is 1.25. The lowest BCUT2D eigenvalue weighted by atomic mass is 10.1. The average molecular weight is 248 g/mol. The quantitative estimate of drug-likeness (QED) is 0.588. The molecular formula is C10H5ClF3NO. The third-order valence-electron chi connectivity index (χ3n) is 1.76. The molecule has 0 saturated heterocycles. The van der Waals surface area contributed by atoms with Crippen LogP contribution in [0, 0.1) is 11.5 Å². The minimum Gasteiger partial charge on any atom is -0.388 e. The van der Waals surface area contributed by atoms with Crippen LogP contribution in [0.1, 0.15) is 11.1 Å². The van der Waals surface area contributed by atoms with E-state index in [1.807, 2.05) is 0 Å². The first-order valence-electron chi connectivity index (χ1n) is 3.98. The molecular weight excluding hydrogens is 243 g/mol. The van der Waals surface area contributed by atoms with Gasteiger partial charge in [0, 0.05) is 5.56 Å². The smallest absolute Gasteiger partial charge is 0.388 e. The van der Waals surface area contributed by atoms with Crippen LogP contribution in [0.4, 0.5) is 13.2 Å². The third kappa shape index (κ3) is 2.67. The summed E-state index contributed by atoms with van der Waals surface area (Å²) in [5.74, 6) is -0.224. The largest absolute Gasteiger partial charge is 0.416 e. The molecule has 0 aliphatic carbocycles. The number of nitriles is 1. The maximum Gasteiger partial charge on any atom is 0.416 e. The van der Waals surface area contributed by atoms with Crippen molar-refractivity contribution in [3.63, 3.8) is 0 Å². The molecule has 0 radical (unpaired) electrons. The molecule has 0 spiro atoms. The number of hydrogen-bond acceptors (Lipinski definition) is 2. The van der Waals surface area contributed by atoms with E-state index in [2.05, 4.69) is 11.3 Å². The Kier molecular flexibility index (Phi) is 3.45. The number of nitrogens with zero attached hydrogens (tertiary/aromatic N) is 1. The van der Waals surface area contributed by atoms with Gasteiger partial charge in [0.1, 0.15) is 5.76 Å². The minimum absolute atomic E-state index is 0.0354. The van der Waals surface area contributed by atoms with Crippen LogP contribution in [0.5, 0.6) is 0 Å². The molecule has 0 aromatic heterocycles. The first-order valence-corrected chi connectivity index (χ1v) is 4.36. The highest BCUT2D eigenvalue weighted by molar-refractivity contribution is 6.32. The highest BCUT2D eigenvalue weighted by Gasteiger charge is 2.31. The summed E-state index contributed by atoms with van der Waals surface area (Å²) < 4.78 is 41.4. The topological polar surface area (TPSA) is 33.0 Å². The molecule has 1 aromatic carbocycles. The number of hydrogen-bond donors (Lipinski definition) is 0. The van der Waals surface area contributed by atoms with Gasteiger partial charge in [-0.2, -0.15) is 13.2 Å². The van der Waals surface area contributed by atoms with Crippen molar-refractivity contribution in [3.05, 3.63) is 40.9 Å². The van der Waals surface area contributed by atoms with Gasteiger partial charge in [0.25, 0.3) is 6.26 Å². The molecule has 2 nitrogen and oxygen atoms in total. The molecule has 0 amide bonds. The zero-order chi connectivity index (χ0) is 12.3. The highest BCUT2D eigenvalue weighted by Crippen LogP contribution is 2.33. The second-order valence-electron chi connectivity index (χ2n) is 2.81. The van der Waals surface area contributed by atoms with E-state index >= 15 is 0 Å². The number of alkyl halides is 3. The molecule has 6 heteroatoms. The van der Waals surface area contributed by atoms with Crippen LogP contribution in [-0.4, -0.2) is 0 Å². The molecule has 0 atom stereocenters. The lowest BCUT2D eigenvalue weighted by molar-refractivity contribution is -0.137. The molecule has 0 fully saturated rings. The van der Waals surface area contributed by atoms with Crippen molar-refractivity contribution >= 4 is 17.4 Å². The molecule has 84 valence electrons. The van der Waals surface area contributed by atoms with Crippen LogP contribution >= 0.6 is 11.6 Å². The highest BCUT2D eigenvalue weighted by atomic mass is 35.5. The van der Waals surface area contributed by atoms with Crippen molar-refractivity contribution in [2.75, 3.05) is 0 Å². The van der Waals surface area contributed by atoms with E-state index in [0.717, 1.165) is 18.2 Å². The van der Waals surface area contributed by atoms with E-state index in [-0.39, 0.29) is 16.3 Å². The van der Waals surface area contributed by atoms with Crippen molar-refractivity contribution < 1.29 is 17.9 Å². The van der Waals surface area contributed by atoms with Gasteiger partial charge in [-0.1, -0.05) is 18.2 Å². The normalized spacial score (nSPS) is 10.7. The van der Waals surface area contributed by atoms with Crippen molar-refractivity contribution in [3.8, 4) is 6.26 Å². The lowest BCUT2D eigenvalue weighted by Gasteiger charge is -2.10. The van der Waals surface area contributed by atoms with Crippen LogP contribution in [0.25, 0.3) is 5.76 Å². The van der Waals surface area contributed by atoms with E-state index in [9.17, 15) is 13.2 Å². The summed E-state index contributed by atoms with van der Waals surface area (Å²) in [5, 5.41) is 8.26. The molecule has 0 bridgehead atoms. The summed E-state index contributed by atoms with van der Waals surface area (Å²) in [6, 6.07) is 2.69. The summed E-state index contributed by atoms with van der Waals surface area (Å²) in [4.78, 5) is 0. The molecule has 1 aromatic rings. The van der Waals surface area contributed by atoms with E-state index in [1.165, 1.54) is 6.26 Å². The Balaban J connectivity index is 3.20. The summed E-state index contributed by atoms with van der Waals surface area (Å²) in [7, 11) is 0. The maximum absolute atomic E-state index is 12.4. The van der Waals surface area contributed by atoms with E-state index in [4.69, 9.17) is 16.9 Å². The summed E-state index contributed by atoms with van der Waals surface area (Å²) >= 11 is 5.66. The Hall–Kier alpha value is -1.67. The van der Waals surface area contributed by atoms with E-state index in [0.29, 0.717) is 0 Å². The van der Waals surface area contributed by atoms with Gasteiger partial charge in [0.15, 0.2) is 0 Å². The van der Waals surface area contributed by atoms with Gasteiger partial charge < -0.3 is 4.74 Å². The van der Waals surface area contributed by atoms with Crippen molar-refractivity contribution in [2.24, 2.45) is 0 Å². The Morgan fingerprint density at radius 3 is 2.56 bits per heavy atom. The number of ether oxygens (including phenoxy) is 1. The molecule has 0 unspecified atom stereocenters. The predicted octanol–water partition coefficient (Wildman–Crippen LogP) is 3.83. The number of halogens is 4. The van der Waals surface area contributed by atoms with Gasteiger partial charge in [-0.15, -0.1) is 5.26 Å². The van der Waals surface area contributed by atoms with Gasteiger partial charge in [0.2, 0.25) is 0 Å². The number of rotatable bonds is 2. The third-order valence-corrected chi connectivity index (χ3v) is 2.09. The van der Waals surface area contributed by atoms with E-state index < -0.39 is 11.7 Å². The van der Waals surface area contributed by atoms with Crippen molar-refractivity contribution in [2.45, 2.75) is 6.18 Å². The fourth-order valence-electron chi connectivity index (χ4n) is 1.03. The molecule has 0 N–H and O–H groups in total. The van der Waals surface area contributed by atoms with Gasteiger partial charge in [0.05, 0.1) is 10.6 Å². The average Bonchev–Trinajstić information content (AvgIpc) is 2.16. The Morgan fingerprint density at radius 2 is 2.06 bits per heavy atom. The molecule has 0 saturated carbocycles. The van der Waals surface area contributed by atoms with Crippen LogP contribution < -0.4 is 0 Å². The predicted molar refractivity (Wildman–Crippen MR) is 52.2 cm³/mol. The van der Waals surface area contributed by atoms with Crippen LogP contribution in [0.15, 0.2) is 24.8 Å². The zero-order valence-electron chi connectivity index (χ0n) is 7.81. The summed E-state index contributed by atoms with van der Waals surface area (Å²) in [6.45, 7) is 3.30. The minimum atomic E-state index is -4.48. The Labute approximate surface area is 94.5 Å². The van der Waals surface area contributed by atoms with Gasteiger partial charge in [-0.3, -0.25) is 0 Å². The zero-order valence-corrected chi connectivity index (χ0v) is 8.56. The van der Waals surface area contributed by atoms with Crippen LogP contribution in [0.2, 0.25) is 5.02 Å². The fraction of sp³-hybridized carbons (Fsp3) is 0.100. The SMILES string of the molecule is C=C(OC#N)c1cc(C(F)(F)F)ccc1Cl. The second kappa shape index (κ2) is 4.45. The first-order chi connectivity index (χ1) is 7.36. The van der Waals surface area contributed by atoms with Crippen LogP contribution in [0.3, 0.4) is 0 Å². The van der Waals surface area contributed by atoms with Crippen LogP contribution in [-0.2, 0) is 10.9 Å². The molecule has 0 aliphatic rings. The lowest BCUT2D eigenvalue weighted by Crippen LogP contribution is -2.05. The van der Waals surface area contributed by atoms with E-state index in [1.54, 1.807) is 0 Å².